The molecule has 88 valence electrons. The molecule has 0 saturated heterocycles. The molecule has 2 unspecified atom stereocenters. The van der Waals surface area contributed by atoms with Crippen molar-refractivity contribution in [1.82, 2.24) is 0 Å². The van der Waals surface area contributed by atoms with Gasteiger partial charge in [-0.2, -0.15) is 0 Å². The van der Waals surface area contributed by atoms with Crippen LogP contribution >= 0.6 is 23.2 Å². The Kier molecular flexibility index (Phi) is 3.95. The molecule has 4 heteroatoms. The van der Waals surface area contributed by atoms with Crippen LogP contribution in [-0.4, -0.2) is 17.3 Å². The van der Waals surface area contributed by atoms with E-state index in [4.69, 9.17) is 27.9 Å². The molecule has 0 spiro atoms. The maximum Gasteiger partial charge on any atom is 0.124 e. The average molecular weight is 261 g/mol. The predicted octanol–water partition coefficient (Wildman–Crippen LogP) is 3.68. The molecule has 16 heavy (non-hydrogen) atoms. The van der Waals surface area contributed by atoms with Gasteiger partial charge < -0.3 is 9.84 Å². The van der Waals surface area contributed by atoms with Crippen LogP contribution in [0.2, 0.25) is 10.0 Å². The quantitative estimate of drug-likeness (QED) is 0.880. The number of aliphatic hydroxyl groups is 1. The zero-order chi connectivity index (χ0) is 11.5. The fraction of sp³-hybridized carbons (Fsp3) is 0.500. The Hall–Kier alpha value is -0.440. The molecule has 1 N–H and O–H groups in total. The fourth-order valence-corrected chi connectivity index (χ4v) is 2.49. The summed E-state index contributed by atoms with van der Waals surface area (Å²) in [6.07, 6.45) is 3.33. The molecular weight excluding hydrogens is 247 g/mol. The molecule has 2 rings (SSSR count). The molecule has 0 radical (unpaired) electrons. The smallest absolute Gasteiger partial charge is 0.124 e. The van der Waals surface area contributed by atoms with Crippen LogP contribution in [0.25, 0.3) is 0 Å². The molecule has 0 bridgehead atoms. The van der Waals surface area contributed by atoms with Crippen LogP contribution in [-0.2, 0) is 0 Å². The van der Waals surface area contributed by atoms with Crippen LogP contribution in [0.15, 0.2) is 18.2 Å². The molecule has 1 fully saturated rings. The summed E-state index contributed by atoms with van der Waals surface area (Å²) in [5, 5.41) is 10.9. The summed E-state index contributed by atoms with van der Waals surface area (Å²) in [5.74, 6) is 0.628. The lowest BCUT2D eigenvalue weighted by Gasteiger charge is -2.28. The van der Waals surface area contributed by atoms with Crippen molar-refractivity contribution in [2.45, 2.75) is 37.9 Å². The van der Waals surface area contributed by atoms with Crippen LogP contribution < -0.4 is 4.74 Å². The van der Waals surface area contributed by atoms with Gasteiger partial charge in [-0.1, -0.05) is 29.6 Å². The van der Waals surface area contributed by atoms with E-state index in [0.29, 0.717) is 15.8 Å². The highest BCUT2D eigenvalue weighted by Gasteiger charge is 2.24. The number of ether oxygens (including phenoxy) is 1. The van der Waals surface area contributed by atoms with Crippen molar-refractivity contribution >= 4 is 23.2 Å². The lowest BCUT2D eigenvalue weighted by Crippen LogP contribution is -2.34. The molecule has 1 aliphatic rings. The van der Waals surface area contributed by atoms with Crippen LogP contribution in [0.3, 0.4) is 0 Å². The minimum absolute atomic E-state index is 0.136. The van der Waals surface area contributed by atoms with E-state index in [1.165, 1.54) is 0 Å². The van der Waals surface area contributed by atoms with E-state index in [0.717, 1.165) is 25.7 Å². The van der Waals surface area contributed by atoms with Gasteiger partial charge in [-0.15, -0.1) is 0 Å². The molecule has 0 amide bonds. The Morgan fingerprint density at radius 2 is 1.69 bits per heavy atom. The van der Waals surface area contributed by atoms with E-state index in [9.17, 15) is 5.11 Å². The van der Waals surface area contributed by atoms with E-state index in [1.807, 2.05) is 0 Å². The van der Waals surface area contributed by atoms with Crippen molar-refractivity contribution in [1.29, 1.82) is 0 Å². The normalized spacial score (nSPS) is 25.4. The Labute approximate surface area is 105 Å². The molecule has 2 atom stereocenters. The van der Waals surface area contributed by atoms with Crippen molar-refractivity contribution < 1.29 is 9.84 Å². The molecule has 1 aromatic carbocycles. The highest BCUT2D eigenvalue weighted by molar-refractivity contribution is 6.34. The maximum absolute atomic E-state index is 9.78. The topological polar surface area (TPSA) is 29.5 Å². The first-order chi connectivity index (χ1) is 7.65. The van der Waals surface area contributed by atoms with Crippen LogP contribution in [0, 0.1) is 0 Å². The SMILES string of the molecule is OC1CCCCC1Oc1cc(Cl)cc(Cl)c1. The summed E-state index contributed by atoms with van der Waals surface area (Å²) >= 11 is 11.8. The van der Waals surface area contributed by atoms with Gasteiger partial charge in [0, 0.05) is 10.0 Å². The summed E-state index contributed by atoms with van der Waals surface area (Å²) in [5.41, 5.74) is 0. The first-order valence-electron chi connectivity index (χ1n) is 5.46. The van der Waals surface area contributed by atoms with Crippen molar-refractivity contribution in [3.05, 3.63) is 28.2 Å². The van der Waals surface area contributed by atoms with Crippen LogP contribution in [0.5, 0.6) is 5.75 Å². The summed E-state index contributed by atoms with van der Waals surface area (Å²) in [7, 11) is 0. The minimum Gasteiger partial charge on any atom is -0.488 e. The van der Waals surface area contributed by atoms with E-state index in [1.54, 1.807) is 18.2 Å². The van der Waals surface area contributed by atoms with Gasteiger partial charge in [-0.3, -0.25) is 0 Å². The Bertz CT molecular complexity index is 348. The van der Waals surface area contributed by atoms with E-state index < -0.39 is 0 Å². The summed E-state index contributed by atoms with van der Waals surface area (Å²) in [6, 6.07) is 5.09. The summed E-state index contributed by atoms with van der Waals surface area (Å²) in [6.45, 7) is 0. The fourth-order valence-electron chi connectivity index (χ4n) is 1.99. The first kappa shape index (κ1) is 12.0. The number of aliphatic hydroxyl groups excluding tert-OH is 1. The second-order valence-corrected chi connectivity index (χ2v) is 4.99. The predicted molar refractivity (Wildman–Crippen MR) is 65.4 cm³/mol. The van der Waals surface area contributed by atoms with Crippen molar-refractivity contribution in [2.75, 3.05) is 0 Å². The lowest BCUT2D eigenvalue weighted by molar-refractivity contribution is 0.00688. The van der Waals surface area contributed by atoms with Gasteiger partial charge in [0.05, 0.1) is 6.10 Å². The Morgan fingerprint density at radius 1 is 1.06 bits per heavy atom. The molecule has 1 saturated carbocycles. The number of benzene rings is 1. The van der Waals surface area contributed by atoms with Crippen molar-refractivity contribution in [3.8, 4) is 5.75 Å². The van der Waals surface area contributed by atoms with Crippen LogP contribution in [0.4, 0.5) is 0 Å². The van der Waals surface area contributed by atoms with E-state index >= 15 is 0 Å². The maximum atomic E-state index is 9.78. The van der Waals surface area contributed by atoms with Gasteiger partial charge in [0.25, 0.3) is 0 Å². The van der Waals surface area contributed by atoms with Crippen LogP contribution in [0.1, 0.15) is 25.7 Å². The van der Waals surface area contributed by atoms with Gasteiger partial charge in [0.1, 0.15) is 11.9 Å². The first-order valence-corrected chi connectivity index (χ1v) is 6.21. The molecule has 0 aromatic heterocycles. The Balaban J connectivity index is 2.07. The highest BCUT2D eigenvalue weighted by Crippen LogP contribution is 2.28. The number of rotatable bonds is 2. The number of hydrogen-bond acceptors (Lipinski definition) is 2. The van der Waals surface area contributed by atoms with Crippen molar-refractivity contribution in [3.63, 3.8) is 0 Å². The molecule has 1 aromatic rings. The zero-order valence-electron chi connectivity index (χ0n) is 8.83. The summed E-state index contributed by atoms with van der Waals surface area (Å²) in [4.78, 5) is 0. The second-order valence-electron chi connectivity index (χ2n) is 4.11. The van der Waals surface area contributed by atoms with Gasteiger partial charge in [-0.25, -0.2) is 0 Å². The Morgan fingerprint density at radius 3 is 2.31 bits per heavy atom. The van der Waals surface area contributed by atoms with Gasteiger partial charge in [0.15, 0.2) is 0 Å². The molecule has 0 heterocycles. The minimum atomic E-state index is -0.383. The third kappa shape index (κ3) is 3.03. The third-order valence-corrected chi connectivity index (χ3v) is 3.23. The highest BCUT2D eigenvalue weighted by atomic mass is 35.5. The standard InChI is InChI=1S/C12H14Cl2O2/c13-8-5-9(14)7-10(6-8)16-12-4-2-1-3-11(12)15/h5-7,11-12,15H,1-4H2. The molecule has 2 nitrogen and oxygen atoms in total. The van der Waals surface area contributed by atoms with Gasteiger partial charge in [0.2, 0.25) is 0 Å². The van der Waals surface area contributed by atoms with Gasteiger partial charge in [-0.05, 0) is 37.5 Å². The molecule has 1 aliphatic carbocycles. The monoisotopic (exact) mass is 260 g/mol. The number of hydrogen-bond donors (Lipinski definition) is 1. The lowest BCUT2D eigenvalue weighted by atomic mass is 9.95. The average Bonchev–Trinajstić information content (AvgIpc) is 2.20. The number of halogens is 2. The van der Waals surface area contributed by atoms with E-state index in [2.05, 4.69) is 0 Å². The third-order valence-electron chi connectivity index (χ3n) is 2.79. The molecular formula is C12H14Cl2O2. The van der Waals surface area contributed by atoms with Crippen molar-refractivity contribution in [2.24, 2.45) is 0 Å². The van der Waals surface area contributed by atoms with E-state index in [-0.39, 0.29) is 12.2 Å². The summed E-state index contributed by atoms with van der Waals surface area (Å²) < 4.78 is 5.71. The molecule has 0 aliphatic heterocycles. The largest absolute Gasteiger partial charge is 0.488 e. The van der Waals surface area contributed by atoms with Gasteiger partial charge >= 0.3 is 0 Å². The zero-order valence-corrected chi connectivity index (χ0v) is 10.3. The second kappa shape index (κ2) is 5.26.